The standard InChI is InChI=1S/C27H43N3O4S/c1-4-5-7-10-22(33)28-25-29-24-18(15-23(34)30-13-8-6-9-14-30)26(2)12-11-21(32)27(3,17-31)20(26)16-19(24)35-25/h18,20-21,31-32H,4-17H2,1-3H3,(H,28,29,33). The zero-order valence-electron chi connectivity index (χ0n) is 21.6. The number of likely N-dealkylation sites (tertiary alicyclic amines) is 1. The molecule has 1 aliphatic heterocycles. The van der Waals surface area contributed by atoms with Crippen molar-refractivity contribution in [3.05, 3.63) is 10.6 Å². The fourth-order valence-corrected chi connectivity index (χ4v) is 7.95. The molecule has 0 radical (unpaired) electrons. The van der Waals surface area contributed by atoms with E-state index in [-0.39, 0.29) is 35.7 Å². The Morgan fingerprint density at radius 1 is 1.20 bits per heavy atom. The van der Waals surface area contributed by atoms with Crippen LogP contribution in [0, 0.1) is 16.7 Å². The Labute approximate surface area is 213 Å². The molecule has 1 saturated carbocycles. The Morgan fingerprint density at radius 2 is 1.94 bits per heavy atom. The average Bonchev–Trinajstić information content (AvgIpc) is 3.25. The lowest BCUT2D eigenvalue weighted by atomic mass is 9.47. The second-order valence-corrected chi connectivity index (χ2v) is 12.6. The van der Waals surface area contributed by atoms with E-state index in [9.17, 15) is 19.8 Å². The van der Waals surface area contributed by atoms with Crippen LogP contribution in [0.15, 0.2) is 0 Å². The van der Waals surface area contributed by atoms with Crippen molar-refractivity contribution in [1.82, 2.24) is 9.88 Å². The summed E-state index contributed by atoms with van der Waals surface area (Å²) in [6, 6.07) is 0. The lowest BCUT2D eigenvalue weighted by Crippen LogP contribution is -2.57. The lowest BCUT2D eigenvalue weighted by Gasteiger charge is -2.58. The minimum atomic E-state index is -0.634. The minimum Gasteiger partial charge on any atom is -0.396 e. The number of nitrogens with one attached hydrogen (secondary N) is 1. The summed E-state index contributed by atoms with van der Waals surface area (Å²) in [5, 5.41) is 25.0. The number of hydrogen-bond donors (Lipinski definition) is 3. The zero-order valence-corrected chi connectivity index (χ0v) is 22.5. The van der Waals surface area contributed by atoms with Gasteiger partial charge in [-0.25, -0.2) is 4.98 Å². The van der Waals surface area contributed by atoms with Gasteiger partial charge in [0, 0.05) is 42.1 Å². The van der Waals surface area contributed by atoms with Gasteiger partial charge in [-0.3, -0.25) is 9.59 Å². The minimum absolute atomic E-state index is 0.00950. The first-order chi connectivity index (χ1) is 16.7. The summed E-state index contributed by atoms with van der Waals surface area (Å²) >= 11 is 1.50. The van der Waals surface area contributed by atoms with Gasteiger partial charge < -0.3 is 20.4 Å². The molecule has 1 aromatic heterocycles. The van der Waals surface area contributed by atoms with E-state index in [1.807, 2.05) is 11.8 Å². The van der Waals surface area contributed by atoms with Crippen LogP contribution in [-0.2, 0) is 16.0 Å². The number of aliphatic hydroxyl groups is 2. The molecular weight excluding hydrogens is 462 g/mol. The largest absolute Gasteiger partial charge is 0.396 e. The number of anilines is 1. The molecule has 2 aliphatic carbocycles. The normalized spacial score (nSPS) is 32.6. The van der Waals surface area contributed by atoms with Gasteiger partial charge in [-0.1, -0.05) is 33.6 Å². The van der Waals surface area contributed by atoms with Crippen molar-refractivity contribution in [2.45, 2.75) is 103 Å². The highest BCUT2D eigenvalue weighted by Gasteiger charge is 2.59. The van der Waals surface area contributed by atoms with Gasteiger partial charge in [-0.2, -0.15) is 0 Å². The monoisotopic (exact) mass is 505 g/mol. The van der Waals surface area contributed by atoms with E-state index in [0.29, 0.717) is 30.8 Å². The van der Waals surface area contributed by atoms with Crippen LogP contribution in [0.1, 0.15) is 101 Å². The van der Waals surface area contributed by atoms with Gasteiger partial charge in [-0.05, 0) is 56.3 Å². The van der Waals surface area contributed by atoms with Crippen LogP contribution in [0.4, 0.5) is 5.13 Å². The van der Waals surface area contributed by atoms with Crippen molar-refractivity contribution < 1.29 is 19.8 Å². The van der Waals surface area contributed by atoms with Crippen molar-refractivity contribution in [3.63, 3.8) is 0 Å². The first-order valence-electron chi connectivity index (χ1n) is 13.6. The molecule has 8 heteroatoms. The fraction of sp³-hybridized carbons (Fsp3) is 0.815. The molecule has 1 saturated heterocycles. The zero-order chi connectivity index (χ0) is 25.2. The summed E-state index contributed by atoms with van der Waals surface area (Å²) < 4.78 is 0. The second kappa shape index (κ2) is 10.9. The summed E-state index contributed by atoms with van der Waals surface area (Å²) in [6.45, 7) is 7.90. The van der Waals surface area contributed by atoms with Crippen LogP contribution in [-0.4, -0.2) is 57.7 Å². The van der Waals surface area contributed by atoms with Crippen LogP contribution >= 0.6 is 11.3 Å². The first-order valence-corrected chi connectivity index (χ1v) is 14.4. The van der Waals surface area contributed by atoms with Gasteiger partial charge in [0.2, 0.25) is 11.8 Å². The third-order valence-electron chi connectivity index (χ3n) is 9.23. The highest BCUT2D eigenvalue weighted by atomic mass is 32.1. The molecular formula is C27H43N3O4S. The SMILES string of the molecule is CCCCCC(=O)Nc1nc2c(s1)CC1C(C)(CO)C(O)CCC1(C)C2CC(=O)N1CCCCC1. The molecule has 1 aromatic rings. The van der Waals surface area contributed by atoms with Crippen molar-refractivity contribution in [2.24, 2.45) is 16.7 Å². The number of carbonyl (C=O) groups excluding carboxylic acids is 2. The summed E-state index contributed by atoms with van der Waals surface area (Å²) in [7, 11) is 0. The van der Waals surface area contributed by atoms with Gasteiger partial charge in [0.15, 0.2) is 5.13 Å². The van der Waals surface area contributed by atoms with Crippen molar-refractivity contribution in [1.29, 1.82) is 0 Å². The molecule has 7 nitrogen and oxygen atoms in total. The number of thiazole rings is 1. The van der Waals surface area contributed by atoms with Crippen LogP contribution < -0.4 is 5.32 Å². The molecule has 0 spiro atoms. The number of aliphatic hydroxyl groups excluding tert-OH is 2. The molecule has 2 amide bonds. The third-order valence-corrected chi connectivity index (χ3v) is 10.2. The molecule has 3 aliphatic rings. The maximum Gasteiger partial charge on any atom is 0.226 e. The summed E-state index contributed by atoms with van der Waals surface area (Å²) in [6.07, 6.45) is 8.68. The van der Waals surface area contributed by atoms with E-state index < -0.39 is 11.5 Å². The quantitative estimate of drug-likeness (QED) is 0.452. The first kappa shape index (κ1) is 26.6. The summed E-state index contributed by atoms with van der Waals surface area (Å²) in [5.74, 6) is 0.109. The topological polar surface area (TPSA) is 103 Å². The number of carbonyl (C=O) groups is 2. The number of unbranched alkanes of at least 4 members (excludes halogenated alkanes) is 2. The van der Waals surface area contributed by atoms with Gasteiger partial charge >= 0.3 is 0 Å². The van der Waals surface area contributed by atoms with Crippen LogP contribution in [0.3, 0.4) is 0 Å². The molecule has 0 bridgehead atoms. The van der Waals surface area contributed by atoms with Crippen LogP contribution in [0.25, 0.3) is 0 Å². The van der Waals surface area contributed by atoms with Crippen molar-refractivity contribution in [2.75, 3.05) is 25.0 Å². The molecule has 2 fully saturated rings. The molecule has 3 N–H and O–H groups in total. The van der Waals surface area contributed by atoms with E-state index in [1.165, 1.54) is 17.8 Å². The highest BCUT2D eigenvalue weighted by Crippen LogP contribution is 2.63. The number of nitrogens with zero attached hydrogens (tertiary/aromatic N) is 2. The number of amides is 2. The van der Waals surface area contributed by atoms with Crippen LogP contribution in [0.2, 0.25) is 0 Å². The van der Waals surface area contributed by atoms with Crippen molar-refractivity contribution >= 4 is 28.3 Å². The maximum absolute atomic E-state index is 13.5. The molecule has 4 rings (SSSR count). The Kier molecular flexibility index (Phi) is 8.23. The van der Waals surface area contributed by atoms with Crippen LogP contribution in [0.5, 0.6) is 0 Å². The van der Waals surface area contributed by atoms with E-state index in [2.05, 4.69) is 19.2 Å². The van der Waals surface area contributed by atoms with Gasteiger partial charge in [0.25, 0.3) is 0 Å². The smallest absolute Gasteiger partial charge is 0.226 e. The predicted molar refractivity (Wildman–Crippen MR) is 138 cm³/mol. The number of aromatic nitrogens is 1. The number of rotatable bonds is 8. The number of piperidine rings is 1. The van der Waals surface area contributed by atoms with Gasteiger partial charge in [0.05, 0.1) is 18.4 Å². The van der Waals surface area contributed by atoms with Gasteiger partial charge in [-0.15, -0.1) is 11.3 Å². The second-order valence-electron chi connectivity index (χ2n) is 11.5. The molecule has 35 heavy (non-hydrogen) atoms. The molecule has 196 valence electrons. The molecule has 0 aromatic carbocycles. The van der Waals surface area contributed by atoms with E-state index in [1.54, 1.807) is 0 Å². The Hall–Kier alpha value is -1.51. The molecule has 2 heterocycles. The van der Waals surface area contributed by atoms with E-state index >= 15 is 0 Å². The Bertz CT molecular complexity index is 914. The summed E-state index contributed by atoms with van der Waals surface area (Å²) in [5.41, 5.74) is 0.0516. The Balaban J connectivity index is 1.65. The molecule has 5 unspecified atom stereocenters. The molecule has 5 atom stereocenters. The lowest BCUT2D eigenvalue weighted by molar-refractivity contribution is -0.147. The summed E-state index contributed by atoms with van der Waals surface area (Å²) in [4.78, 5) is 34.0. The van der Waals surface area contributed by atoms with Crippen molar-refractivity contribution in [3.8, 4) is 0 Å². The third kappa shape index (κ3) is 5.16. The number of hydrogen-bond acceptors (Lipinski definition) is 6. The highest BCUT2D eigenvalue weighted by molar-refractivity contribution is 7.15. The van der Waals surface area contributed by atoms with E-state index in [0.717, 1.165) is 62.2 Å². The van der Waals surface area contributed by atoms with E-state index in [4.69, 9.17) is 4.98 Å². The Morgan fingerprint density at radius 3 is 2.63 bits per heavy atom. The average molecular weight is 506 g/mol. The fourth-order valence-electron chi connectivity index (χ4n) is 6.86. The maximum atomic E-state index is 13.5. The number of fused-ring (bicyclic) bond motifs is 2. The predicted octanol–water partition coefficient (Wildman–Crippen LogP) is 4.48. The van der Waals surface area contributed by atoms with Gasteiger partial charge in [0.1, 0.15) is 0 Å².